The lowest BCUT2D eigenvalue weighted by Gasteiger charge is -2.39. The summed E-state index contributed by atoms with van der Waals surface area (Å²) in [7, 11) is 0. The minimum Gasteiger partial charge on any atom is -0.335 e. The number of hydrogen-bond donors (Lipinski definition) is 1. The number of nitrogens with one attached hydrogen (secondary N) is 1. The van der Waals surface area contributed by atoms with Gasteiger partial charge in [0.2, 0.25) is 0 Å². The normalized spacial score (nSPS) is 18.0. The molecule has 3 rings (SSSR count). The third kappa shape index (κ3) is 2.76. The lowest BCUT2D eigenvalue weighted by Crippen LogP contribution is -2.58. The van der Waals surface area contributed by atoms with Crippen LogP contribution in [0, 0.1) is 6.92 Å². The summed E-state index contributed by atoms with van der Waals surface area (Å²) in [6.45, 7) is 8.49. The van der Waals surface area contributed by atoms with Gasteiger partial charge in [0.15, 0.2) is 0 Å². The van der Waals surface area contributed by atoms with E-state index in [0.717, 1.165) is 29.7 Å². The number of benzene rings is 1. The summed E-state index contributed by atoms with van der Waals surface area (Å²) in [5.41, 5.74) is 2.40. The highest BCUT2D eigenvalue weighted by Crippen LogP contribution is 2.20. The fourth-order valence-electron chi connectivity index (χ4n) is 2.90. The second-order valence-corrected chi connectivity index (χ2v) is 6.37. The zero-order valence-electron chi connectivity index (χ0n) is 12.8. The van der Waals surface area contributed by atoms with Crippen molar-refractivity contribution in [3.8, 4) is 0 Å². The summed E-state index contributed by atoms with van der Waals surface area (Å²) in [5.74, 6) is 0.0771. The van der Waals surface area contributed by atoms with E-state index in [1.807, 2.05) is 42.2 Å². The molecular formula is C17H21N3O. The van der Waals surface area contributed by atoms with Crippen LogP contribution < -0.4 is 5.32 Å². The highest BCUT2D eigenvalue weighted by molar-refractivity contribution is 6.05. The molecule has 2 aromatic rings. The van der Waals surface area contributed by atoms with Gasteiger partial charge < -0.3 is 10.2 Å². The van der Waals surface area contributed by atoms with Crippen molar-refractivity contribution >= 4 is 16.8 Å². The van der Waals surface area contributed by atoms with E-state index in [4.69, 9.17) is 0 Å². The Labute approximate surface area is 125 Å². The molecule has 1 saturated heterocycles. The molecule has 1 N–H and O–H groups in total. The number of piperazine rings is 1. The Hall–Kier alpha value is -1.94. The lowest BCUT2D eigenvalue weighted by atomic mass is 10.0. The van der Waals surface area contributed by atoms with Gasteiger partial charge in [-0.05, 0) is 32.9 Å². The van der Waals surface area contributed by atoms with Crippen LogP contribution in [0.3, 0.4) is 0 Å². The Morgan fingerprint density at radius 3 is 2.86 bits per heavy atom. The van der Waals surface area contributed by atoms with E-state index in [9.17, 15) is 4.79 Å². The smallest absolute Gasteiger partial charge is 0.256 e. The molecule has 0 spiro atoms. The summed E-state index contributed by atoms with van der Waals surface area (Å²) < 4.78 is 0. The van der Waals surface area contributed by atoms with Gasteiger partial charge in [-0.3, -0.25) is 9.78 Å². The van der Waals surface area contributed by atoms with Crippen LogP contribution in [-0.2, 0) is 0 Å². The quantitative estimate of drug-likeness (QED) is 0.874. The standard InChI is InChI=1S/C17H21N3O/c1-12-7-8-13-5-4-6-14(15(13)19-12)16(21)20-10-9-18-17(2,3)11-20/h4-8,18H,9-11H2,1-3H3. The van der Waals surface area contributed by atoms with Crippen LogP contribution in [0.25, 0.3) is 10.9 Å². The largest absolute Gasteiger partial charge is 0.335 e. The van der Waals surface area contributed by atoms with Gasteiger partial charge in [-0.2, -0.15) is 0 Å². The molecule has 2 heterocycles. The summed E-state index contributed by atoms with van der Waals surface area (Å²) in [6, 6.07) is 9.81. The Kier molecular flexibility index (Phi) is 3.41. The SMILES string of the molecule is Cc1ccc2cccc(C(=O)N3CCNC(C)(C)C3)c2n1. The second-order valence-electron chi connectivity index (χ2n) is 6.37. The first-order chi connectivity index (χ1) is 9.96. The Morgan fingerprint density at radius 2 is 2.10 bits per heavy atom. The van der Waals surface area contributed by atoms with Crippen molar-refractivity contribution in [1.29, 1.82) is 0 Å². The van der Waals surface area contributed by atoms with Crippen molar-refractivity contribution in [2.24, 2.45) is 0 Å². The number of amides is 1. The van der Waals surface area contributed by atoms with Gasteiger partial charge >= 0.3 is 0 Å². The first-order valence-electron chi connectivity index (χ1n) is 7.37. The first kappa shape index (κ1) is 14.0. The molecule has 0 radical (unpaired) electrons. The molecule has 0 bridgehead atoms. The second kappa shape index (κ2) is 5.11. The molecule has 0 saturated carbocycles. The first-order valence-corrected chi connectivity index (χ1v) is 7.37. The van der Waals surface area contributed by atoms with Crippen LogP contribution in [0.4, 0.5) is 0 Å². The van der Waals surface area contributed by atoms with Gasteiger partial charge in [-0.15, -0.1) is 0 Å². The number of aromatic nitrogens is 1. The maximum Gasteiger partial charge on any atom is 0.256 e. The summed E-state index contributed by atoms with van der Waals surface area (Å²) in [4.78, 5) is 19.4. The van der Waals surface area contributed by atoms with Crippen LogP contribution in [0.2, 0.25) is 0 Å². The van der Waals surface area contributed by atoms with Crippen LogP contribution in [-0.4, -0.2) is 41.0 Å². The van der Waals surface area contributed by atoms with Crippen LogP contribution >= 0.6 is 0 Å². The van der Waals surface area contributed by atoms with E-state index >= 15 is 0 Å². The van der Waals surface area contributed by atoms with Gasteiger partial charge in [0.1, 0.15) is 0 Å². The highest BCUT2D eigenvalue weighted by atomic mass is 16.2. The number of para-hydroxylation sites is 1. The van der Waals surface area contributed by atoms with E-state index in [0.29, 0.717) is 12.1 Å². The molecule has 1 aliphatic heterocycles. The van der Waals surface area contributed by atoms with Crippen LogP contribution in [0.15, 0.2) is 30.3 Å². The van der Waals surface area contributed by atoms with Gasteiger partial charge in [-0.1, -0.05) is 18.2 Å². The third-order valence-corrected chi connectivity index (χ3v) is 3.95. The lowest BCUT2D eigenvalue weighted by molar-refractivity contribution is 0.0654. The number of carbonyl (C=O) groups is 1. The molecule has 1 aromatic heterocycles. The van der Waals surface area contributed by atoms with E-state index in [-0.39, 0.29) is 11.4 Å². The molecule has 4 nitrogen and oxygen atoms in total. The van der Waals surface area contributed by atoms with Gasteiger partial charge in [-0.25, -0.2) is 0 Å². The highest BCUT2D eigenvalue weighted by Gasteiger charge is 2.29. The fraction of sp³-hybridized carbons (Fsp3) is 0.412. The predicted octanol–water partition coefficient (Wildman–Crippen LogP) is 2.37. The molecule has 21 heavy (non-hydrogen) atoms. The summed E-state index contributed by atoms with van der Waals surface area (Å²) in [6.07, 6.45) is 0. The number of nitrogens with zero attached hydrogens (tertiary/aromatic N) is 2. The number of pyridine rings is 1. The maximum atomic E-state index is 12.9. The molecule has 110 valence electrons. The number of aryl methyl sites for hydroxylation is 1. The third-order valence-electron chi connectivity index (χ3n) is 3.95. The Bertz CT molecular complexity index is 693. The van der Waals surface area contributed by atoms with Crippen molar-refractivity contribution < 1.29 is 4.79 Å². The average molecular weight is 283 g/mol. The van der Waals surface area contributed by atoms with Crippen LogP contribution in [0.5, 0.6) is 0 Å². The summed E-state index contributed by atoms with van der Waals surface area (Å²) in [5, 5.41) is 4.45. The van der Waals surface area contributed by atoms with Crippen molar-refractivity contribution in [2.45, 2.75) is 26.3 Å². The molecule has 1 fully saturated rings. The minimum absolute atomic E-state index is 0.0398. The van der Waals surface area contributed by atoms with E-state index in [1.165, 1.54) is 0 Å². The maximum absolute atomic E-state index is 12.9. The van der Waals surface area contributed by atoms with Gasteiger partial charge in [0, 0.05) is 36.3 Å². The van der Waals surface area contributed by atoms with Gasteiger partial charge in [0.25, 0.3) is 5.91 Å². The predicted molar refractivity (Wildman–Crippen MR) is 84.5 cm³/mol. The van der Waals surface area contributed by atoms with Crippen molar-refractivity contribution in [2.75, 3.05) is 19.6 Å². The molecule has 1 aliphatic rings. The molecule has 1 aromatic carbocycles. The molecule has 0 unspecified atom stereocenters. The van der Waals surface area contributed by atoms with Crippen molar-refractivity contribution in [3.63, 3.8) is 0 Å². The zero-order valence-corrected chi connectivity index (χ0v) is 12.8. The zero-order chi connectivity index (χ0) is 15.0. The molecule has 0 atom stereocenters. The van der Waals surface area contributed by atoms with Gasteiger partial charge in [0.05, 0.1) is 11.1 Å². The monoisotopic (exact) mass is 283 g/mol. The molecule has 4 heteroatoms. The number of hydrogen-bond acceptors (Lipinski definition) is 3. The van der Waals surface area contributed by atoms with E-state index in [1.54, 1.807) is 0 Å². The Morgan fingerprint density at radius 1 is 1.29 bits per heavy atom. The molecule has 0 aliphatic carbocycles. The summed E-state index contributed by atoms with van der Waals surface area (Å²) >= 11 is 0. The molecular weight excluding hydrogens is 262 g/mol. The Balaban J connectivity index is 2.00. The number of fused-ring (bicyclic) bond motifs is 1. The van der Waals surface area contributed by atoms with E-state index < -0.39 is 0 Å². The van der Waals surface area contributed by atoms with Crippen LogP contribution in [0.1, 0.15) is 29.9 Å². The topological polar surface area (TPSA) is 45.2 Å². The number of rotatable bonds is 1. The molecule has 1 amide bonds. The average Bonchev–Trinajstić information content (AvgIpc) is 2.44. The fourth-order valence-corrected chi connectivity index (χ4v) is 2.90. The number of carbonyl (C=O) groups excluding carboxylic acids is 1. The van der Waals surface area contributed by atoms with Crippen molar-refractivity contribution in [3.05, 3.63) is 41.6 Å². The van der Waals surface area contributed by atoms with Crippen molar-refractivity contribution in [1.82, 2.24) is 15.2 Å². The van der Waals surface area contributed by atoms with E-state index in [2.05, 4.69) is 24.1 Å². The minimum atomic E-state index is -0.0398.